The maximum atomic E-state index is 13.3. The fraction of sp³-hybridized carbons (Fsp3) is 0.684. The molecule has 2 fully saturated rings. The van der Waals surface area contributed by atoms with Gasteiger partial charge in [0.25, 0.3) is 0 Å². The number of epoxide rings is 1. The Morgan fingerprint density at radius 2 is 1.76 bits per heavy atom. The van der Waals surface area contributed by atoms with Crippen molar-refractivity contribution < 1.29 is 13.2 Å². The van der Waals surface area contributed by atoms with Crippen LogP contribution in [-0.2, 0) is 14.8 Å². The summed E-state index contributed by atoms with van der Waals surface area (Å²) in [5, 5.41) is 3.50. The highest BCUT2D eigenvalue weighted by atomic mass is 32.2. The van der Waals surface area contributed by atoms with Gasteiger partial charge in [-0.2, -0.15) is 4.31 Å². The molecule has 1 saturated heterocycles. The molecule has 140 valence electrons. The summed E-state index contributed by atoms with van der Waals surface area (Å²) in [5.41, 5.74) is 0.934. The minimum absolute atomic E-state index is 0.357. The van der Waals surface area contributed by atoms with E-state index in [1.165, 1.54) is 23.6 Å². The van der Waals surface area contributed by atoms with E-state index in [-0.39, 0.29) is 0 Å². The first-order valence-corrected chi connectivity index (χ1v) is 10.9. The fourth-order valence-electron chi connectivity index (χ4n) is 3.91. The highest BCUT2D eigenvalue weighted by Gasteiger charge is 2.68. The van der Waals surface area contributed by atoms with Crippen LogP contribution in [0.3, 0.4) is 0 Å². The van der Waals surface area contributed by atoms with Gasteiger partial charge in [0.15, 0.2) is 0 Å². The van der Waals surface area contributed by atoms with Gasteiger partial charge in [-0.05, 0) is 18.4 Å². The summed E-state index contributed by atoms with van der Waals surface area (Å²) >= 11 is 0. The molecule has 2 aliphatic rings. The largest absolute Gasteiger partial charge is 0.342 e. The van der Waals surface area contributed by atoms with E-state index in [0.717, 1.165) is 18.4 Å². The van der Waals surface area contributed by atoms with Crippen molar-refractivity contribution in [2.24, 2.45) is 0 Å². The molecule has 0 aromatic heterocycles. The fourth-order valence-corrected chi connectivity index (χ4v) is 5.92. The molecule has 3 rings (SSSR count). The standard InChI is InChI=1S/C19H30N2O3S/c1-3-21(4-2)25(22,23)19(15-20-17-13-9-6-10-14-17)18(24-19)16-11-7-5-8-12-16/h5,7-8,11-12,17-18,20H,3-4,6,9-10,13-15H2,1-2H3. The molecule has 0 spiro atoms. The van der Waals surface area contributed by atoms with Crippen molar-refractivity contribution in [1.82, 2.24) is 9.62 Å². The van der Waals surface area contributed by atoms with Crippen molar-refractivity contribution in [3.63, 3.8) is 0 Å². The predicted octanol–water partition coefficient (Wildman–Crippen LogP) is 3.05. The van der Waals surface area contributed by atoms with Crippen LogP contribution in [-0.4, -0.2) is 43.3 Å². The number of hydrogen-bond donors (Lipinski definition) is 1. The Kier molecular flexibility index (Phi) is 5.83. The quantitative estimate of drug-likeness (QED) is 0.718. The van der Waals surface area contributed by atoms with Gasteiger partial charge >= 0.3 is 0 Å². The summed E-state index contributed by atoms with van der Waals surface area (Å²) in [5.74, 6) is 0. The second-order valence-corrected chi connectivity index (χ2v) is 9.18. The van der Waals surface area contributed by atoms with E-state index in [2.05, 4.69) is 5.32 Å². The van der Waals surface area contributed by atoms with Gasteiger partial charge in [0, 0.05) is 25.7 Å². The van der Waals surface area contributed by atoms with E-state index >= 15 is 0 Å². The van der Waals surface area contributed by atoms with Crippen molar-refractivity contribution in [1.29, 1.82) is 0 Å². The molecule has 6 heteroatoms. The third kappa shape index (κ3) is 3.63. The first-order chi connectivity index (χ1) is 12.0. The van der Waals surface area contributed by atoms with E-state index in [1.807, 2.05) is 44.2 Å². The van der Waals surface area contributed by atoms with Gasteiger partial charge in [-0.25, -0.2) is 8.42 Å². The molecular formula is C19H30N2O3S. The van der Waals surface area contributed by atoms with Gasteiger partial charge < -0.3 is 10.1 Å². The molecule has 1 aliphatic heterocycles. The third-order valence-corrected chi connectivity index (χ3v) is 8.01. The van der Waals surface area contributed by atoms with E-state index in [1.54, 1.807) is 0 Å². The summed E-state index contributed by atoms with van der Waals surface area (Å²) in [6.45, 7) is 5.05. The lowest BCUT2D eigenvalue weighted by molar-refractivity contribution is 0.298. The number of sulfonamides is 1. The lowest BCUT2D eigenvalue weighted by atomic mass is 9.95. The highest BCUT2D eigenvalue weighted by Crippen LogP contribution is 2.54. The Bertz CT molecular complexity index is 655. The SMILES string of the molecule is CCN(CC)S(=O)(=O)C1(CNC2CCCCC2)OC1c1ccccc1. The first-order valence-electron chi connectivity index (χ1n) is 9.51. The smallest absolute Gasteiger partial charge is 0.248 e. The molecular weight excluding hydrogens is 336 g/mol. The second-order valence-electron chi connectivity index (χ2n) is 7.03. The number of rotatable bonds is 8. The van der Waals surface area contributed by atoms with E-state index in [9.17, 15) is 8.42 Å². The normalized spacial score (nSPS) is 27.6. The van der Waals surface area contributed by atoms with Gasteiger partial charge in [0.05, 0.1) is 0 Å². The van der Waals surface area contributed by atoms with E-state index < -0.39 is 21.1 Å². The molecule has 1 aliphatic carbocycles. The first kappa shape index (κ1) is 18.8. The van der Waals surface area contributed by atoms with E-state index in [0.29, 0.717) is 25.7 Å². The summed E-state index contributed by atoms with van der Waals surface area (Å²) in [6, 6.07) is 10.1. The molecule has 2 atom stereocenters. The van der Waals surface area contributed by atoms with Crippen LogP contribution >= 0.6 is 0 Å². The maximum Gasteiger partial charge on any atom is 0.248 e. The van der Waals surface area contributed by atoms with Crippen LogP contribution in [0.4, 0.5) is 0 Å². The van der Waals surface area contributed by atoms with Crippen molar-refractivity contribution in [3.05, 3.63) is 35.9 Å². The number of benzene rings is 1. The molecule has 1 N–H and O–H groups in total. The number of hydrogen-bond acceptors (Lipinski definition) is 4. The van der Waals surface area contributed by atoms with Gasteiger partial charge in [0.2, 0.25) is 15.0 Å². The Morgan fingerprint density at radius 1 is 1.12 bits per heavy atom. The average Bonchev–Trinajstić information content (AvgIpc) is 3.39. The predicted molar refractivity (Wildman–Crippen MR) is 99.7 cm³/mol. The van der Waals surface area contributed by atoms with Crippen LogP contribution in [0.15, 0.2) is 30.3 Å². The molecule has 5 nitrogen and oxygen atoms in total. The zero-order valence-corrected chi connectivity index (χ0v) is 16.1. The van der Waals surface area contributed by atoms with Crippen LogP contribution < -0.4 is 5.32 Å². The zero-order valence-electron chi connectivity index (χ0n) is 15.3. The van der Waals surface area contributed by atoms with Crippen molar-refractivity contribution in [2.45, 2.75) is 63.0 Å². The lowest BCUT2D eigenvalue weighted by Gasteiger charge is -2.28. The third-order valence-electron chi connectivity index (χ3n) is 5.49. The lowest BCUT2D eigenvalue weighted by Crippen LogP contribution is -2.48. The Hall–Kier alpha value is -0.950. The Labute approximate surface area is 151 Å². The molecule has 1 aromatic rings. The molecule has 1 heterocycles. The van der Waals surface area contributed by atoms with Crippen LogP contribution in [0.25, 0.3) is 0 Å². The highest BCUT2D eigenvalue weighted by molar-refractivity contribution is 7.90. The van der Waals surface area contributed by atoms with Crippen LogP contribution in [0.1, 0.15) is 57.6 Å². The van der Waals surface area contributed by atoms with Crippen LogP contribution in [0, 0.1) is 0 Å². The van der Waals surface area contributed by atoms with Crippen molar-refractivity contribution in [2.75, 3.05) is 19.6 Å². The topological polar surface area (TPSA) is 61.9 Å². The summed E-state index contributed by atoms with van der Waals surface area (Å²) < 4.78 is 34.1. The van der Waals surface area contributed by atoms with Crippen LogP contribution in [0.5, 0.6) is 0 Å². The van der Waals surface area contributed by atoms with E-state index in [4.69, 9.17) is 4.74 Å². The molecule has 1 saturated carbocycles. The summed E-state index contributed by atoms with van der Waals surface area (Å²) in [6.07, 6.45) is 5.57. The van der Waals surface area contributed by atoms with Crippen LogP contribution in [0.2, 0.25) is 0 Å². The monoisotopic (exact) mass is 366 g/mol. The Balaban J connectivity index is 1.82. The Morgan fingerprint density at radius 3 is 2.36 bits per heavy atom. The van der Waals surface area contributed by atoms with Gasteiger partial charge in [-0.3, -0.25) is 0 Å². The van der Waals surface area contributed by atoms with Gasteiger partial charge in [-0.1, -0.05) is 63.4 Å². The molecule has 0 amide bonds. The second kappa shape index (κ2) is 7.74. The number of nitrogens with one attached hydrogen (secondary N) is 1. The molecule has 1 aromatic carbocycles. The van der Waals surface area contributed by atoms with Gasteiger partial charge in [-0.15, -0.1) is 0 Å². The summed E-state index contributed by atoms with van der Waals surface area (Å²) in [4.78, 5) is -1.17. The molecule has 0 bridgehead atoms. The molecule has 0 radical (unpaired) electrons. The number of ether oxygens (including phenoxy) is 1. The molecule has 2 unspecified atom stereocenters. The molecule has 25 heavy (non-hydrogen) atoms. The zero-order chi connectivity index (χ0) is 17.9. The maximum absolute atomic E-state index is 13.3. The van der Waals surface area contributed by atoms with Crippen molar-refractivity contribution >= 4 is 10.0 Å². The minimum Gasteiger partial charge on any atom is -0.342 e. The average molecular weight is 367 g/mol. The van der Waals surface area contributed by atoms with Gasteiger partial charge in [0.1, 0.15) is 6.10 Å². The minimum atomic E-state index is -3.54. The number of nitrogens with zero attached hydrogens (tertiary/aromatic N) is 1. The van der Waals surface area contributed by atoms with Crippen molar-refractivity contribution in [3.8, 4) is 0 Å². The summed E-state index contributed by atoms with van der Waals surface area (Å²) in [7, 11) is -3.54.